The largest absolute Gasteiger partial charge is 0.497 e. The Labute approximate surface area is 105 Å². The van der Waals surface area contributed by atoms with Crippen LogP contribution in [-0.4, -0.2) is 13.0 Å². The monoisotopic (exact) mass is 246 g/mol. The SMILES string of the molecule is COc1ccc(NC(=O)c2ccoc2C)c(N)c1. The Bertz CT molecular complexity index is 575. The molecule has 0 radical (unpaired) electrons. The van der Waals surface area contributed by atoms with Crippen molar-refractivity contribution in [3.8, 4) is 5.75 Å². The molecule has 0 saturated heterocycles. The van der Waals surface area contributed by atoms with Crippen LogP contribution in [0.5, 0.6) is 5.75 Å². The first kappa shape index (κ1) is 12.0. The maximum atomic E-state index is 11.9. The smallest absolute Gasteiger partial charge is 0.259 e. The van der Waals surface area contributed by atoms with Gasteiger partial charge in [-0.25, -0.2) is 0 Å². The number of aryl methyl sites for hydroxylation is 1. The van der Waals surface area contributed by atoms with E-state index >= 15 is 0 Å². The van der Waals surface area contributed by atoms with Crippen molar-refractivity contribution in [1.82, 2.24) is 0 Å². The lowest BCUT2D eigenvalue weighted by Crippen LogP contribution is -2.13. The molecule has 1 amide bonds. The van der Waals surface area contributed by atoms with Gasteiger partial charge in [0.15, 0.2) is 0 Å². The quantitative estimate of drug-likeness (QED) is 0.815. The maximum absolute atomic E-state index is 11.9. The summed E-state index contributed by atoms with van der Waals surface area (Å²) >= 11 is 0. The van der Waals surface area contributed by atoms with E-state index < -0.39 is 0 Å². The van der Waals surface area contributed by atoms with E-state index in [1.54, 1.807) is 38.3 Å². The van der Waals surface area contributed by atoms with Crippen molar-refractivity contribution in [1.29, 1.82) is 0 Å². The minimum Gasteiger partial charge on any atom is -0.497 e. The number of methoxy groups -OCH3 is 1. The molecular weight excluding hydrogens is 232 g/mol. The van der Waals surface area contributed by atoms with Gasteiger partial charge in [-0.05, 0) is 25.1 Å². The van der Waals surface area contributed by atoms with Gasteiger partial charge in [0.25, 0.3) is 5.91 Å². The van der Waals surface area contributed by atoms with Crippen LogP contribution in [-0.2, 0) is 0 Å². The number of rotatable bonds is 3. The summed E-state index contributed by atoms with van der Waals surface area (Å²) in [6.07, 6.45) is 1.47. The number of hydrogen-bond acceptors (Lipinski definition) is 4. The maximum Gasteiger partial charge on any atom is 0.259 e. The van der Waals surface area contributed by atoms with Gasteiger partial charge in [-0.3, -0.25) is 4.79 Å². The zero-order valence-electron chi connectivity index (χ0n) is 10.2. The number of nitrogens with one attached hydrogen (secondary N) is 1. The normalized spacial score (nSPS) is 10.1. The molecule has 5 nitrogen and oxygen atoms in total. The van der Waals surface area contributed by atoms with E-state index in [1.165, 1.54) is 6.26 Å². The number of carbonyl (C=O) groups excluding carboxylic acids is 1. The molecular formula is C13H14N2O3. The molecule has 94 valence electrons. The van der Waals surface area contributed by atoms with Crippen molar-refractivity contribution in [3.05, 3.63) is 41.9 Å². The average Bonchev–Trinajstić information content (AvgIpc) is 2.78. The molecule has 0 fully saturated rings. The van der Waals surface area contributed by atoms with Crippen LogP contribution in [0.4, 0.5) is 11.4 Å². The molecule has 0 aliphatic rings. The molecule has 0 spiro atoms. The fourth-order valence-electron chi connectivity index (χ4n) is 1.59. The third-order valence-electron chi connectivity index (χ3n) is 2.61. The second-order valence-corrected chi connectivity index (χ2v) is 3.80. The molecule has 0 atom stereocenters. The first-order chi connectivity index (χ1) is 8.61. The van der Waals surface area contributed by atoms with Gasteiger partial charge in [0, 0.05) is 6.07 Å². The number of furan rings is 1. The van der Waals surface area contributed by atoms with E-state index in [9.17, 15) is 4.79 Å². The van der Waals surface area contributed by atoms with Gasteiger partial charge in [0.1, 0.15) is 11.5 Å². The van der Waals surface area contributed by atoms with Crippen molar-refractivity contribution in [2.75, 3.05) is 18.2 Å². The zero-order valence-corrected chi connectivity index (χ0v) is 10.2. The summed E-state index contributed by atoms with van der Waals surface area (Å²) in [4.78, 5) is 11.9. The van der Waals surface area contributed by atoms with Crippen LogP contribution in [0.2, 0.25) is 0 Å². The molecule has 18 heavy (non-hydrogen) atoms. The minimum atomic E-state index is -0.252. The number of benzene rings is 1. The highest BCUT2D eigenvalue weighted by Crippen LogP contribution is 2.24. The van der Waals surface area contributed by atoms with E-state index in [-0.39, 0.29) is 5.91 Å². The van der Waals surface area contributed by atoms with Gasteiger partial charge in [-0.1, -0.05) is 0 Å². The fraction of sp³-hybridized carbons (Fsp3) is 0.154. The zero-order chi connectivity index (χ0) is 13.1. The van der Waals surface area contributed by atoms with E-state index in [2.05, 4.69) is 5.32 Å². The molecule has 0 aliphatic carbocycles. The topological polar surface area (TPSA) is 77.5 Å². The minimum absolute atomic E-state index is 0.252. The highest BCUT2D eigenvalue weighted by molar-refractivity contribution is 6.06. The molecule has 3 N–H and O–H groups in total. The molecule has 0 bridgehead atoms. The Morgan fingerprint density at radius 1 is 1.39 bits per heavy atom. The average molecular weight is 246 g/mol. The number of anilines is 2. The van der Waals surface area contributed by atoms with Crippen molar-refractivity contribution in [2.45, 2.75) is 6.92 Å². The summed E-state index contributed by atoms with van der Waals surface area (Å²) < 4.78 is 10.1. The Morgan fingerprint density at radius 2 is 2.17 bits per heavy atom. The molecule has 0 saturated carbocycles. The molecule has 1 heterocycles. The number of nitrogens with two attached hydrogens (primary N) is 1. The summed E-state index contributed by atoms with van der Waals surface area (Å²) in [6, 6.07) is 6.69. The fourth-order valence-corrected chi connectivity index (χ4v) is 1.59. The summed E-state index contributed by atoms with van der Waals surface area (Å²) in [5, 5.41) is 2.73. The van der Waals surface area contributed by atoms with E-state index in [4.69, 9.17) is 14.9 Å². The van der Waals surface area contributed by atoms with Crippen molar-refractivity contribution in [2.24, 2.45) is 0 Å². The number of hydrogen-bond donors (Lipinski definition) is 2. The van der Waals surface area contributed by atoms with Gasteiger partial charge in [-0.15, -0.1) is 0 Å². The molecule has 1 aromatic heterocycles. The van der Waals surface area contributed by atoms with Crippen molar-refractivity contribution < 1.29 is 13.9 Å². The third kappa shape index (κ3) is 2.29. The number of amides is 1. The molecule has 1 aromatic carbocycles. The number of ether oxygens (including phenoxy) is 1. The molecule has 2 rings (SSSR count). The van der Waals surface area contributed by atoms with Crippen LogP contribution < -0.4 is 15.8 Å². The summed E-state index contributed by atoms with van der Waals surface area (Å²) in [6.45, 7) is 1.73. The van der Waals surface area contributed by atoms with Crippen LogP contribution in [0.3, 0.4) is 0 Å². The highest BCUT2D eigenvalue weighted by Gasteiger charge is 2.12. The molecule has 2 aromatic rings. The molecule has 0 unspecified atom stereocenters. The predicted octanol–water partition coefficient (Wildman–Crippen LogP) is 2.43. The van der Waals surface area contributed by atoms with Gasteiger partial charge in [0.2, 0.25) is 0 Å². The Hall–Kier alpha value is -2.43. The second kappa shape index (κ2) is 4.83. The molecule has 0 aliphatic heterocycles. The number of nitrogen functional groups attached to an aromatic ring is 1. The second-order valence-electron chi connectivity index (χ2n) is 3.80. The van der Waals surface area contributed by atoms with Crippen LogP contribution >= 0.6 is 0 Å². The van der Waals surface area contributed by atoms with Gasteiger partial charge in [0.05, 0.1) is 30.3 Å². The van der Waals surface area contributed by atoms with Crippen molar-refractivity contribution in [3.63, 3.8) is 0 Å². The lowest BCUT2D eigenvalue weighted by atomic mass is 10.2. The lowest BCUT2D eigenvalue weighted by molar-refractivity contribution is 0.102. The van der Waals surface area contributed by atoms with E-state index in [1.807, 2.05) is 0 Å². The summed E-state index contributed by atoms with van der Waals surface area (Å²) in [5.74, 6) is 0.961. The van der Waals surface area contributed by atoms with Crippen LogP contribution in [0.25, 0.3) is 0 Å². The number of carbonyl (C=O) groups is 1. The third-order valence-corrected chi connectivity index (χ3v) is 2.61. The highest BCUT2D eigenvalue weighted by atomic mass is 16.5. The predicted molar refractivity (Wildman–Crippen MR) is 68.8 cm³/mol. The van der Waals surface area contributed by atoms with Gasteiger partial charge in [-0.2, -0.15) is 0 Å². The Balaban J connectivity index is 2.20. The summed E-state index contributed by atoms with van der Waals surface area (Å²) in [5.41, 5.74) is 7.30. The first-order valence-corrected chi connectivity index (χ1v) is 5.41. The Kier molecular flexibility index (Phi) is 3.23. The Morgan fingerprint density at radius 3 is 2.72 bits per heavy atom. The van der Waals surface area contributed by atoms with E-state index in [0.717, 1.165) is 0 Å². The van der Waals surface area contributed by atoms with Crippen LogP contribution in [0, 0.1) is 6.92 Å². The van der Waals surface area contributed by atoms with Crippen molar-refractivity contribution >= 4 is 17.3 Å². The van der Waals surface area contributed by atoms with Crippen LogP contribution in [0.1, 0.15) is 16.1 Å². The molecule has 5 heteroatoms. The summed E-state index contributed by atoms with van der Waals surface area (Å²) in [7, 11) is 1.56. The van der Waals surface area contributed by atoms with Gasteiger partial charge < -0.3 is 20.2 Å². The lowest BCUT2D eigenvalue weighted by Gasteiger charge is -2.09. The first-order valence-electron chi connectivity index (χ1n) is 5.41. The van der Waals surface area contributed by atoms with E-state index in [0.29, 0.717) is 28.4 Å². The van der Waals surface area contributed by atoms with Gasteiger partial charge >= 0.3 is 0 Å². The van der Waals surface area contributed by atoms with Crippen LogP contribution in [0.15, 0.2) is 34.9 Å². The standard InChI is InChI=1S/C13H14N2O3/c1-8-10(5-6-18-8)13(16)15-12-4-3-9(17-2)7-11(12)14/h3-7H,14H2,1-2H3,(H,15,16).